The molecule has 0 spiro atoms. The maximum Gasteiger partial charge on any atom is 0.326 e. The van der Waals surface area contributed by atoms with E-state index in [1.807, 2.05) is 66.9 Å². The van der Waals surface area contributed by atoms with Gasteiger partial charge in [-0.1, -0.05) is 18.2 Å². The molecule has 0 unspecified atom stereocenters. The summed E-state index contributed by atoms with van der Waals surface area (Å²) in [6.45, 7) is 8.95. The highest BCUT2D eigenvalue weighted by Crippen LogP contribution is 2.34. The lowest BCUT2D eigenvalue weighted by molar-refractivity contribution is -0.156. The van der Waals surface area contributed by atoms with Gasteiger partial charge in [-0.2, -0.15) is 5.26 Å². The number of imide groups is 1. The molecular formula is C30H29N3O5S. The van der Waals surface area contributed by atoms with Crippen molar-refractivity contribution >= 4 is 35.0 Å². The summed E-state index contributed by atoms with van der Waals surface area (Å²) in [5.41, 5.74) is 4.24. The highest BCUT2D eigenvalue weighted by molar-refractivity contribution is 8.18. The molecule has 0 bridgehead atoms. The van der Waals surface area contributed by atoms with E-state index in [-0.39, 0.29) is 11.5 Å². The standard InChI is InChI=1S/C30H29N3O5S/c1-19-14-23(15-26-28(35)32(29(36)39-26)17-27(34)38-30(3,4)5)20(2)33(19)24-10-12-25(13-11-24)37-18-22-9-7-6-8-21(22)16-31/h6-15H,17-18H2,1-5H3. The summed E-state index contributed by atoms with van der Waals surface area (Å²) >= 11 is 0.809. The van der Waals surface area contributed by atoms with Gasteiger partial charge in [0.05, 0.1) is 16.5 Å². The molecule has 9 heteroatoms. The van der Waals surface area contributed by atoms with Gasteiger partial charge in [-0.15, -0.1) is 0 Å². The van der Waals surface area contributed by atoms with Crippen LogP contribution in [-0.4, -0.2) is 38.7 Å². The summed E-state index contributed by atoms with van der Waals surface area (Å²) in [4.78, 5) is 38.7. The lowest BCUT2D eigenvalue weighted by atomic mass is 10.1. The average molecular weight is 544 g/mol. The highest BCUT2D eigenvalue weighted by atomic mass is 32.2. The van der Waals surface area contributed by atoms with Crippen molar-refractivity contribution in [3.05, 3.63) is 87.6 Å². The molecule has 8 nitrogen and oxygen atoms in total. The van der Waals surface area contributed by atoms with Crippen LogP contribution in [-0.2, 0) is 20.9 Å². The Labute approximate surface area is 231 Å². The smallest absolute Gasteiger partial charge is 0.326 e. The first kappa shape index (κ1) is 27.7. The molecule has 0 radical (unpaired) electrons. The van der Waals surface area contributed by atoms with E-state index >= 15 is 0 Å². The summed E-state index contributed by atoms with van der Waals surface area (Å²) in [5, 5.41) is 8.76. The molecule has 0 aliphatic carbocycles. The number of nitrogens with zero attached hydrogens (tertiary/aromatic N) is 3. The summed E-state index contributed by atoms with van der Waals surface area (Å²) in [6.07, 6.45) is 1.68. The molecule has 1 saturated heterocycles. The van der Waals surface area contributed by atoms with Crippen molar-refractivity contribution in [3.8, 4) is 17.5 Å². The van der Waals surface area contributed by atoms with Gasteiger partial charge in [0.25, 0.3) is 11.1 Å². The molecule has 0 N–H and O–H groups in total. The van der Waals surface area contributed by atoms with E-state index < -0.39 is 29.3 Å². The van der Waals surface area contributed by atoms with Crippen LogP contribution in [0, 0.1) is 25.2 Å². The van der Waals surface area contributed by atoms with Gasteiger partial charge in [-0.05, 0) is 94.4 Å². The number of benzene rings is 2. The zero-order chi connectivity index (χ0) is 28.3. The molecule has 4 rings (SSSR count). The van der Waals surface area contributed by atoms with Crippen LogP contribution in [0.3, 0.4) is 0 Å². The average Bonchev–Trinajstić information content (AvgIpc) is 3.30. The molecule has 1 aliphatic heterocycles. The Hall–Kier alpha value is -4.29. The predicted molar refractivity (Wildman–Crippen MR) is 149 cm³/mol. The van der Waals surface area contributed by atoms with Crippen LogP contribution in [0.4, 0.5) is 4.79 Å². The molecule has 200 valence electrons. The summed E-state index contributed by atoms with van der Waals surface area (Å²) in [6, 6.07) is 19.0. The maximum absolute atomic E-state index is 12.9. The Kier molecular flexibility index (Phi) is 7.98. The fourth-order valence-corrected chi connectivity index (χ4v) is 5.05. The number of thioether (sulfide) groups is 1. The lowest BCUT2D eigenvalue weighted by Gasteiger charge is -2.21. The molecule has 1 aliphatic rings. The fourth-order valence-electron chi connectivity index (χ4n) is 4.22. The van der Waals surface area contributed by atoms with E-state index in [1.165, 1.54) is 0 Å². The van der Waals surface area contributed by atoms with Gasteiger partial charge in [0, 0.05) is 22.6 Å². The van der Waals surface area contributed by atoms with Gasteiger partial charge in [0.1, 0.15) is 24.5 Å². The van der Waals surface area contributed by atoms with Gasteiger partial charge in [-0.25, -0.2) is 0 Å². The number of aryl methyl sites for hydroxylation is 1. The van der Waals surface area contributed by atoms with Crippen LogP contribution in [0.25, 0.3) is 11.8 Å². The van der Waals surface area contributed by atoms with Crippen molar-refractivity contribution in [1.29, 1.82) is 5.26 Å². The second-order valence-corrected chi connectivity index (χ2v) is 11.1. The van der Waals surface area contributed by atoms with Crippen LogP contribution in [0.1, 0.15) is 48.8 Å². The summed E-state index contributed by atoms with van der Waals surface area (Å²) in [7, 11) is 0. The summed E-state index contributed by atoms with van der Waals surface area (Å²) in [5.74, 6) is -0.473. The van der Waals surface area contributed by atoms with Crippen molar-refractivity contribution in [2.45, 2.75) is 46.8 Å². The van der Waals surface area contributed by atoms with E-state index in [9.17, 15) is 19.6 Å². The number of carbonyl (C=O) groups is 3. The van der Waals surface area contributed by atoms with Crippen LogP contribution in [0.2, 0.25) is 0 Å². The van der Waals surface area contributed by atoms with Crippen molar-refractivity contribution in [1.82, 2.24) is 9.47 Å². The van der Waals surface area contributed by atoms with Crippen LogP contribution >= 0.6 is 11.8 Å². The zero-order valence-electron chi connectivity index (χ0n) is 22.5. The molecular weight excluding hydrogens is 514 g/mol. The normalized spacial score (nSPS) is 14.6. The largest absolute Gasteiger partial charge is 0.489 e. The third-order valence-electron chi connectivity index (χ3n) is 5.96. The summed E-state index contributed by atoms with van der Waals surface area (Å²) < 4.78 is 13.2. The molecule has 2 aromatic carbocycles. The van der Waals surface area contributed by atoms with Gasteiger partial charge in [0.2, 0.25) is 0 Å². The fraction of sp³-hybridized carbons (Fsp3) is 0.267. The molecule has 3 aromatic rings. The van der Waals surface area contributed by atoms with E-state index in [2.05, 4.69) is 6.07 Å². The van der Waals surface area contributed by atoms with Crippen LogP contribution in [0.5, 0.6) is 5.75 Å². The molecule has 0 saturated carbocycles. The molecule has 1 fully saturated rings. The van der Waals surface area contributed by atoms with Crippen molar-refractivity contribution in [2.75, 3.05) is 6.54 Å². The Morgan fingerprint density at radius 3 is 2.44 bits per heavy atom. The Morgan fingerprint density at radius 1 is 1.08 bits per heavy atom. The number of hydrogen-bond donors (Lipinski definition) is 0. The number of hydrogen-bond acceptors (Lipinski definition) is 7. The maximum atomic E-state index is 12.9. The molecule has 2 heterocycles. The van der Waals surface area contributed by atoms with E-state index in [0.717, 1.165) is 44.9 Å². The zero-order valence-corrected chi connectivity index (χ0v) is 23.3. The second kappa shape index (κ2) is 11.2. The Bertz CT molecular complexity index is 1510. The van der Waals surface area contributed by atoms with E-state index in [4.69, 9.17) is 9.47 Å². The monoisotopic (exact) mass is 543 g/mol. The van der Waals surface area contributed by atoms with Crippen molar-refractivity contribution in [3.63, 3.8) is 0 Å². The van der Waals surface area contributed by atoms with E-state index in [1.54, 1.807) is 32.9 Å². The Balaban J connectivity index is 1.49. The molecule has 39 heavy (non-hydrogen) atoms. The number of nitriles is 1. The van der Waals surface area contributed by atoms with Gasteiger partial charge >= 0.3 is 5.97 Å². The number of ether oxygens (including phenoxy) is 2. The minimum Gasteiger partial charge on any atom is -0.489 e. The number of aromatic nitrogens is 1. The minimum atomic E-state index is -0.709. The number of carbonyl (C=O) groups excluding carboxylic acids is 3. The molecule has 1 aromatic heterocycles. The Morgan fingerprint density at radius 2 is 1.77 bits per heavy atom. The quantitative estimate of drug-likeness (QED) is 0.269. The van der Waals surface area contributed by atoms with Crippen LogP contribution in [0.15, 0.2) is 59.5 Å². The first-order chi connectivity index (χ1) is 18.5. The first-order valence-corrected chi connectivity index (χ1v) is 13.2. The van der Waals surface area contributed by atoms with Crippen LogP contribution < -0.4 is 4.74 Å². The number of rotatable bonds is 7. The first-order valence-electron chi connectivity index (χ1n) is 12.3. The number of amides is 2. The third kappa shape index (κ3) is 6.41. The van der Waals surface area contributed by atoms with Gasteiger partial charge < -0.3 is 14.0 Å². The highest BCUT2D eigenvalue weighted by Gasteiger charge is 2.37. The molecule has 2 amide bonds. The van der Waals surface area contributed by atoms with E-state index in [0.29, 0.717) is 11.3 Å². The third-order valence-corrected chi connectivity index (χ3v) is 6.87. The number of esters is 1. The predicted octanol–water partition coefficient (Wildman–Crippen LogP) is 5.92. The lowest BCUT2D eigenvalue weighted by Crippen LogP contribution is -2.37. The van der Waals surface area contributed by atoms with Gasteiger partial charge in [0.15, 0.2) is 0 Å². The van der Waals surface area contributed by atoms with Gasteiger partial charge in [-0.3, -0.25) is 19.3 Å². The SMILES string of the molecule is Cc1cc(C=C2SC(=O)N(CC(=O)OC(C)(C)C)C2=O)c(C)n1-c1ccc(OCc2ccccc2C#N)cc1. The van der Waals surface area contributed by atoms with Crippen molar-refractivity contribution < 1.29 is 23.9 Å². The van der Waals surface area contributed by atoms with Crippen molar-refractivity contribution in [2.24, 2.45) is 0 Å². The molecule has 0 atom stereocenters. The minimum absolute atomic E-state index is 0.255. The second-order valence-electron chi connectivity index (χ2n) is 10.1. The topological polar surface area (TPSA) is 102 Å².